The van der Waals surface area contributed by atoms with Gasteiger partial charge in [-0.25, -0.2) is 9.78 Å². The van der Waals surface area contributed by atoms with Crippen LogP contribution in [0.25, 0.3) is 10.3 Å². The molecule has 0 aromatic carbocycles. The number of aromatic nitrogens is 2. The monoisotopic (exact) mass is 210 g/mol. The molecular weight excluding hydrogens is 204 g/mol. The van der Waals surface area contributed by atoms with Crippen molar-refractivity contribution in [3.05, 3.63) is 27.5 Å². The first-order valence-electron chi connectivity index (χ1n) is 3.78. The Hall–Kier alpha value is -1.69. The average Bonchev–Trinajstić information content (AvgIpc) is 2.59. The zero-order chi connectivity index (χ0) is 10.1. The molecule has 0 amide bonds. The van der Waals surface area contributed by atoms with Crippen LogP contribution in [0.5, 0.6) is 0 Å². The summed E-state index contributed by atoms with van der Waals surface area (Å²) >= 11 is 1.18. The van der Waals surface area contributed by atoms with Gasteiger partial charge in [0, 0.05) is 0 Å². The smallest absolute Gasteiger partial charge is 0.348 e. The van der Waals surface area contributed by atoms with Gasteiger partial charge < -0.3 is 9.72 Å². The molecule has 0 aliphatic heterocycles. The van der Waals surface area contributed by atoms with Gasteiger partial charge >= 0.3 is 5.97 Å². The molecule has 1 N–H and O–H groups in total. The first kappa shape index (κ1) is 8.89. The third kappa shape index (κ3) is 1.39. The first-order chi connectivity index (χ1) is 6.70. The van der Waals surface area contributed by atoms with Gasteiger partial charge in [-0.05, 0) is 6.07 Å². The maximum atomic E-state index is 11.1. The van der Waals surface area contributed by atoms with Crippen LogP contribution >= 0.6 is 11.3 Å². The molecule has 0 saturated heterocycles. The summed E-state index contributed by atoms with van der Waals surface area (Å²) in [6, 6.07) is 1.56. The number of hydrogen-bond donors (Lipinski definition) is 1. The van der Waals surface area contributed by atoms with E-state index in [1.165, 1.54) is 24.6 Å². The molecule has 2 aromatic heterocycles. The highest BCUT2D eigenvalue weighted by Gasteiger charge is 2.10. The summed E-state index contributed by atoms with van der Waals surface area (Å²) < 4.78 is 4.55. The molecular formula is C8H6N2O3S. The van der Waals surface area contributed by atoms with Gasteiger partial charge in [0.25, 0.3) is 5.56 Å². The van der Waals surface area contributed by atoms with Crippen molar-refractivity contribution >= 4 is 27.7 Å². The summed E-state index contributed by atoms with van der Waals surface area (Å²) in [4.78, 5) is 29.5. The van der Waals surface area contributed by atoms with Gasteiger partial charge in [0.15, 0.2) is 0 Å². The predicted octanol–water partition coefficient (Wildman–Crippen LogP) is 0.771. The van der Waals surface area contributed by atoms with Crippen molar-refractivity contribution in [1.82, 2.24) is 9.97 Å². The van der Waals surface area contributed by atoms with E-state index in [4.69, 9.17) is 0 Å². The molecule has 0 unspecified atom stereocenters. The van der Waals surface area contributed by atoms with Crippen molar-refractivity contribution in [3.8, 4) is 0 Å². The number of nitrogens with one attached hydrogen (secondary N) is 1. The van der Waals surface area contributed by atoms with Crippen LogP contribution in [0.15, 0.2) is 17.1 Å². The van der Waals surface area contributed by atoms with E-state index in [0.29, 0.717) is 15.2 Å². The molecule has 0 radical (unpaired) electrons. The highest BCUT2D eigenvalue weighted by atomic mass is 32.1. The fourth-order valence-electron chi connectivity index (χ4n) is 1.05. The summed E-state index contributed by atoms with van der Waals surface area (Å²) in [6.07, 6.45) is 1.18. The second-order valence-corrected chi connectivity index (χ2v) is 3.60. The fraction of sp³-hybridized carbons (Fsp3) is 0.125. The lowest BCUT2D eigenvalue weighted by molar-refractivity contribution is 0.0606. The van der Waals surface area contributed by atoms with Gasteiger partial charge in [0.05, 0.1) is 18.8 Å². The lowest BCUT2D eigenvalue weighted by Gasteiger charge is -1.90. The van der Waals surface area contributed by atoms with Crippen LogP contribution in [0.4, 0.5) is 0 Å². The van der Waals surface area contributed by atoms with Gasteiger partial charge in [-0.2, -0.15) is 0 Å². The van der Waals surface area contributed by atoms with Crippen LogP contribution < -0.4 is 5.56 Å². The summed E-state index contributed by atoms with van der Waals surface area (Å²) in [5.41, 5.74) is 0.273. The molecule has 0 aliphatic rings. The van der Waals surface area contributed by atoms with Crippen LogP contribution in [-0.2, 0) is 4.74 Å². The molecule has 0 spiro atoms. The summed E-state index contributed by atoms with van der Waals surface area (Å²) in [6.45, 7) is 0. The Kier molecular flexibility index (Phi) is 2.05. The largest absolute Gasteiger partial charge is 0.465 e. The Bertz CT molecular complexity index is 543. The number of ether oxygens (including phenoxy) is 1. The first-order valence-corrected chi connectivity index (χ1v) is 4.59. The Balaban J connectivity index is 2.62. The number of methoxy groups -OCH3 is 1. The summed E-state index contributed by atoms with van der Waals surface area (Å²) in [7, 11) is 1.31. The molecule has 2 rings (SSSR count). The molecule has 14 heavy (non-hydrogen) atoms. The number of hydrogen-bond acceptors (Lipinski definition) is 5. The lowest BCUT2D eigenvalue weighted by Crippen LogP contribution is -2.03. The van der Waals surface area contributed by atoms with E-state index in [-0.39, 0.29) is 5.56 Å². The quantitative estimate of drug-likeness (QED) is 0.706. The van der Waals surface area contributed by atoms with Gasteiger partial charge in [0.2, 0.25) is 0 Å². The average molecular weight is 210 g/mol. The number of fused-ring (bicyclic) bond motifs is 1. The van der Waals surface area contributed by atoms with E-state index in [0.717, 1.165) is 0 Å². The highest BCUT2D eigenvalue weighted by Crippen LogP contribution is 2.21. The van der Waals surface area contributed by atoms with Crippen molar-refractivity contribution < 1.29 is 9.53 Å². The number of carbonyl (C=O) groups excluding carboxylic acids is 1. The topological polar surface area (TPSA) is 72.1 Å². The van der Waals surface area contributed by atoms with Crippen molar-refractivity contribution in [2.75, 3.05) is 7.11 Å². The number of rotatable bonds is 1. The molecule has 2 aromatic rings. The molecule has 0 bridgehead atoms. The Morgan fingerprint density at radius 3 is 3.14 bits per heavy atom. The van der Waals surface area contributed by atoms with Crippen LogP contribution in [0.1, 0.15) is 9.67 Å². The Morgan fingerprint density at radius 1 is 1.64 bits per heavy atom. The number of H-pyrrole nitrogens is 1. The minimum atomic E-state index is -0.422. The molecule has 72 valence electrons. The molecule has 0 fully saturated rings. The van der Waals surface area contributed by atoms with E-state index in [9.17, 15) is 9.59 Å². The minimum Gasteiger partial charge on any atom is -0.465 e. The number of carbonyl (C=O) groups is 1. The van der Waals surface area contributed by atoms with E-state index in [2.05, 4.69) is 14.7 Å². The molecule has 0 saturated carbocycles. The van der Waals surface area contributed by atoms with Crippen LogP contribution in [0.3, 0.4) is 0 Å². The second kappa shape index (κ2) is 3.22. The number of nitrogens with zero attached hydrogens (tertiary/aromatic N) is 1. The Labute approximate surface area is 82.4 Å². The number of aromatic amines is 1. The third-order valence-corrected chi connectivity index (χ3v) is 2.68. The lowest BCUT2D eigenvalue weighted by atomic mass is 10.4. The minimum absolute atomic E-state index is 0.285. The van der Waals surface area contributed by atoms with Crippen molar-refractivity contribution in [2.24, 2.45) is 0 Å². The van der Waals surface area contributed by atoms with E-state index >= 15 is 0 Å². The fourth-order valence-corrected chi connectivity index (χ4v) is 1.93. The summed E-state index contributed by atoms with van der Waals surface area (Å²) in [5.74, 6) is -0.422. The SMILES string of the molecule is COC(=O)c1cc2[nH]c(=O)cnc2s1. The van der Waals surface area contributed by atoms with E-state index in [1.807, 2.05) is 0 Å². The standard InChI is InChI=1S/C8H6N2O3S/c1-13-8(12)5-2-4-7(14-5)9-3-6(11)10-4/h2-3H,1H3,(H,10,11). The normalized spacial score (nSPS) is 10.4. The van der Waals surface area contributed by atoms with Gasteiger partial charge in [-0.1, -0.05) is 0 Å². The molecule has 6 heteroatoms. The van der Waals surface area contributed by atoms with E-state index < -0.39 is 5.97 Å². The van der Waals surface area contributed by atoms with Crippen LogP contribution in [0, 0.1) is 0 Å². The summed E-state index contributed by atoms with van der Waals surface area (Å²) in [5, 5.41) is 0. The van der Waals surface area contributed by atoms with Gasteiger partial charge in [-0.15, -0.1) is 11.3 Å². The van der Waals surface area contributed by atoms with Crippen molar-refractivity contribution in [3.63, 3.8) is 0 Å². The van der Waals surface area contributed by atoms with Crippen molar-refractivity contribution in [2.45, 2.75) is 0 Å². The maximum Gasteiger partial charge on any atom is 0.348 e. The van der Waals surface area contributed by atoms with Gasteiger partial charge in [-0.3, -0.25) is 4.79 Å². The van der Waals surface area contributed by atoms with Crippen LogP contribution in [0.2, 0.25) is 0 Å². The number of thiophene rings is 1. The molecule has 5 nitrogen and oxygen atoms in total. The predicted molar refractivity (Wildman–Crippen MR) is 51.6 cm³/mol. The molecule has 0 atom stereocenters. The van der Waals surface area contributed by atoms with E-state index in [1.54, 1.807) is 6.07 Å². The Morgan fingerprint density at radius 2 is 2.43 bits per heavy atom. The zero-order valence-electron chi connectivity index (χ0n) is 7.23. The molecule has 2 heterocycles. The zero-order valence-corrected chi connectivity index (χ0v) is 8.05. The van der Waals surface area contributed by atoms with Crippen LogP contribution in [-0.4, -0.2) is 23.0 Å². The third-order valence-electron chi connectivity index (χ3n) is 1.66. The van der Waals surface area contributed by atoms with Crippen molar-refractivity contribution in [1.29, 1.82) is 0 Å². The molecule has 0 aliphatic carbocycles. The van der Waals surface area contributed by atoms with Gasteiger partial charge in [0.1, 0.15) is 9.71 Å². The highest BCUT2D eigenvalue weighted by molar-refractivity contribution is 7.20. The maximum absolute atomic E-state index is 11.1. The number of esters is 1. The second-order valence-electron chi connectivity index (χ2n) is 2.57.